The molecule has 0 unspecified atom stereocenters. The second-order valence-electron chi connectivity index (χ2n) is 3.49. The van der Waals surface area contributed by atoms with Crippen molar-refractivity contribution in [2.24, 2.45) is 4.99 Å². The van der Waals surface area contributed by atoms with Gasteiger partial charge in [0.05, 0.1) is 0 Å². The maximum absolute atomic E-state index is 4.18. The van der Waals surface area contributed by atoms with Crippen LogP contribution in [0.5, 0.6) is 0 Å². The molecular formula is C12H25N3S2. The van der Waals surface area contributed by atoms with E-state index in [2.05, 4.69) is 28.5 Å². The Hall–Kier alpha value is -0.290. The molecule has 0 spiro atoms. The molecule has 0 rings (SSSR count). The second-order valence-corrected chi connectivity index (χ2v) is 5.62. The third kappa shape index (κ3) is 12.0. The third-order valence-corrected chi connectivity index (χ3v) is 3.73. The molecular weight excluding hydrogens is 250 g/mol. The van der Waals surface area contributed by atoms with E-state index in [-0.39, 0.29) is 0 Å². The number of unbranched alkanes of at least 4 members (excludes halogenated alkanes) is 1. The molecule has 0 bridgehead atoms. The van der Waals surface area contributed by atoms with Gasteiger partial charge in [-0.2, -0.15) is 23.5 Å². The van der Waals surface area contributed by atoms with E-state index in [1.807, 2.05) is 36.6 Å². The number of thioether (sulfide) groups is 2. The van der Waals surface area contributed by atoms with E-state index < -0.39 is 0 Å². The zero-order valence-corrected chi connectivity index (χ0v) is 12.6. The number of nitrogens with zero attached hydrogens (tertiary/aromatic N) is 1. The predicted octanol–water partition coefficient (Wildman–Crippen LogP) is 2.21. The van der Waals surface area contributed by atoms with Crippen molar-refractivity contribution in [1.29, 1.82) is 0 Å². The topological polar surface area (TPSA) is 36.4 Å². The smallest absolute Gasteiger partial charge is 0.191 e. The van der Waals surface area contributed by atoms with Crippen molar-refractivity contribution in [3.8, 4) is 0 Å². The summed E-state index contributed by atoms with van der Waals surface area (Å²) in [6, 6.07) is 0. The minimum absolute atomic E-state index is 0.911. The van der Waals surface area contributed by atoms with Crippen LogP contribution in [0.4, 0.5) is 0 Å². The van der Waals surface area contributed by atoms with E-state index in [9.17, 15) is 0 Å². The molecule has 0 saturated heterocycles. The summed E-state index contributed by atoms with van der Waals surface area (Å²) in [5.41, 5.74) is 0. The summed E-state index contributed by atoms with van der Waals surface area (Å²) < 4.78 is 0. The highest BCUT2D eigenvalue weighted by Gasteiger charge is 1.95. The van der Waals surface area contributed by atoms with Crippen LogP contribution in [0.3, 0.4) is 0 Å². The first-order chi connectivity index (χ1) is 8.35. The minimum Gasteiger partial charge on any atom is -0.356 e. The maximum Gasteiger partial charge on any atom is 0.191 e. The fourth-order valence-corrected chi connectivity index (χ4v) is 2.28. The zero-order chi connectivity index (χ0) is 12.8. The molecule has 2 N–H and O–H groups in total. The molecule has 0 fully saturated rings. The van der Waals surface area contributed by atoms with E-state index in [1.54, 1.807) is 0 Å². The highest BCUT2D eigenvalue weighted by molar-refractivity contribution is 7.99. The van der Waals surface area contributed by atoms with Gasteiger partial charge in [-0.05, 0) is 24.9 Å². The highest BCUT2D eigenvalue weighted by atomic mass is 32.2. The standard InChI is InChI=1S/C12H25N3S2/c1-4-9-17-11-8-15-12(13-2)14-7-5-6-10-16-3/h4H,1,5-11H2,2-3H3,(H2,13,14,15). The quantitative estimate of drug-likeness (QED) is 0.277. The molecule has 0 heterocycles. The van der Waals surface area contributed by atoms with Gasteiger partial charge in [-0.1, -0.05) is 6.08 Å². The molecule has 0 aliphatic rings. The SMILES string of the molecule is C=CCSCCNC(=NC)NCCCCSC. The molecule has 0 aliphatic heterocycles. The third-order valence-electron chi connectivity index (χ3n) is 2.07. The van der Waals surface area contributed by atoms with Gasteiger partial charge >= 0.3 is 0 Å². The normalized spacial score (nSPS) is 11.3. The summed E-state index contributed by atoms with van der Waals surface area (Å²) in [6.07, 6.45) is 6.55. The molecule has 0 radical (unpaired) electrons. The number of hydrogen-bond donors (Lipinski definition) is 2. The molecule has 0 aliphatic carbocycles. The van der Waals surface area contributed by atoms with Crippen LogP contribution in [0.1, 0.15) is 12.8 Å². The van der Waals surface area contributed by atoms with Crippen LogP contribution in [0.15, 0.2) is 17.6 Å². The average molecular weight is 275 g/mol. The molecule has 17 heavy (non-hydrogen) atoms. The zero-order valence-electron chi connectivity index (χ0n) is 11.0. The van der Waals surface area contributed by atoms with Crippen molar-refractivity contribution in [2.45, 2.75) is 12.8 Å². The number of guanidine groups is 1. The molecule has 100 valence electrons. The van der Waals surface area contributed by atoms with Crippen molar-refractivity contribution in [1.82, 2.24) is 10.6 Å². The van der Waals surface area contributed by atoms with Gasteiger partial charge in [-0.3, -0.25) is 4.99 Å². The summed E-state index contributed by atoms with van der Waals surface area (Å²) in [4.78, 5) is 4.18. The fraction of sp³-hybridized carbons (Fsp3) is 0.750. The van der Waals surface area contributed by atoms with E-state index in [0.29, 0.717) is 0 Å². The van der Waals surface area contributed by atoms with Gasteiger partial charge in [0.25, 0.3) is 0 Å². The van der Waals surface area contributed by atoms with Crippen LogP contribution < -0.4 is 10.6 Å². The molecule has 0 amide bonds. The number of nitrogens with one attached hydrogen (secondary N) is 2. The first kappa shape index (κ1) is 16.7. The van der Waals surface area contributed by atoms with Gasteiger partial charge < -0.3 is 10.6 Å². The average Bonchev–Trinajstić information content (AvgIpc) is 2.36. The Morgan fingerprint density at radius 2 is 2.00 bits per heavy atom. The lowest BCUT2D eigenvalue weighted by atomic mass is 10.3. The second kappa shape index (κ2) is 13.8. The maximum atomic E-state index is 4.18. The van der Waals surface area contributed by atoms with Crippen molar-refractivity contribution >= 4 is 29.5 Å². The van der Waals surface area contributed by atoms with Crippen molar-refractivity contribution in [3.05, 3.63) is 12.7 Å². The molecule has 5 heteroatoms. The van der Waals surface area contributed by atoms with Crippen LogP contribution in [0.25, 0.3) is 0 Å². The van der Waals surface area contributed by atoms with Crippen molar-refractivity contribution in [3.63, 3.8) is 0 Å². The molecule has 0 aromatic heterocycles. The van der Waals surface area contributed by atoms with Gasteiger partial charge in [0, 0.05) is 31.6 Å². The Balaban J connectivity index is 3.40. The largest absolute Gasteiger partial charge is 0.356 e. The Kier molecular flexibility index (Phi) is 13.5. The van der Waals surface area contributed by atoms with Gasteiger partial charge in [-0.25, -0.2) is 0 Å². The Bertz CT molecular complexity index is 208. The molecule has 0 aromatic rings. The summed E-state index contributed by atoms with van der Waals surface area (Å²) >= 11 is 3.78. The van der Waals surface area contributed by atoms with Crippen LogP contribution in [-0.4, -0.2) is 49.6 Å². The van der Waals surface area contributed by atoms with Crippen LogP contribution in [-0.2, 0) is 0 Å². The first-order valence-corrected chi connectivity index (χ1v) is 8.52. The number of hydrogen-bond acceptors (Lipinski definition) is 3. The van der Waals surface area contributed by atoms with Gasteiger partial charge in [0.2, 0.25) is 0 Å². The van der Waals surface area contributed by atoms with Crippen LogP contribution >= 0.6 is 23.5 Å². The Labute approximate surface area is 114 Å². The lowest BCUT2D eigenvalue weighted by Crippen LogP contribution is -2.38. The number of rotatable bonds is 10. The van der Waals surface area contributed by atoms with E-state index in [0.717, 1.165) is 30.6 Å². The fourth-order valence-electron chi connectivity index (χ4n) is 1.21. The monoisotopic (exact) mass is 275 g/mol. The number of aliphatic imine (C=N–C) groups is 1. The first-order valence-electron chi connectivity index (χ1n) is 5.97. The highest BCUT2D eigenvalue weighted by Crippen LogP contribution is 1.98. The van der Waals surface area contributed by atoms with E-state index in [4.69, 9.17) is 0 Å². The van der Waals surface area contributed by atoms with Gasteiger partial charge in [0.1, 0.15) is 0 Å². The molecule has 0 saturated carbocycles. The summed E-state index contributed by atoms with van der Waals surface area (Å²) in [5.74, 6) is 4.25. The Morgan fingerprint density at radius 3 is 2.65 bits per heavy atom. The summed E-state index contributed by atoms with van der Waals surface area (Å²) in [5, 5.41) is 6.62. The predicted molar refractivity (Wildman–Crippen MR) is 84.5 cm³/mol. The van der Waals surface area contributed by atoms with Gasteiger partial charge in [-0.15, -0.1) is 6.58 Å². The van der Waals surface area contributed by atoms with Gasteiger partial charge in [0.15, 0.2) is 5.96 Å². The Morgan fingerprint density at radius 1 is 1.24 bits per heavy atom. The van der Waals surface area contributed by atoms with E-state index in [1.165, 1.54) is 18.6 Å². The molecule has 0 aromatic carbocycles. The van der Waals surface area contributed by atoms with E-state index >= 15 is 0 Å². The summed E-state index contributed by atoms with van der Waals surface area (Å²) in [6.45, 7) is 5.64. The minimum atomic E-state index is 0.911. The lowest BCUT2D eigenvalue weighted by molar-refractivity contribution is 0.739. The van der Waals surface area contributed by atoms with Crippen LogP contribution in [0, 0.1) is 0 Å². The molecule has 3 nitrogen and oxygen atoms in total. The summed E-state index contributed by atoms with van der Waals surface area (Å²) in [7, 11) is 1.81. The lowest BCUT2D eigenvalue weighted by Gasteiger charge is -2.11. The van der Waals surface area contributed by atoms with Crippen LogP contribution in [0.2, 0.25) is 0 Å². The van der Waals surface area contributed by atoms with Crippen molar-refractivity contribution in [2.75, 3.05) is 43.7 Å². The van der Waals surface area contributed by atoms with Crippen molar-refractivity contribution < 1.29 is 0 Å². The molecule has 0 atom stereocenters.